The molecule has 128 valence electrons. The zero-order valence-electron chi connectivity index (χ0n) is 13.7. The lowest BCUT2D eigenvalue weighted by atomic mass is 10.0. The predicted molar refractivity (Wildman–Crippen MR) is 87.9 cm³/mol. The molecule has 0 aliphatic rings. The van der Waals surface area contributed by atoms with Crippen LogP contribution in [0, 0.1) is 0 Å². The summed E-state index contributed by atoms with van der Waals surface area (Å²) in [5.41, 5.74) is 5.28. The Morgan fingerprint density at radius 1 is 0.571 bits per heavy atom. The summed E-state index contributed by atoms with van der Waals surface area (Å²) >= 11 is 0. The van der Waals surface area contributed by atoms with Crippen LogP contribution in [0.5, 0.6) is 0 Å². The predicted octanol–water partition coefficient (Wildman–Crippen LogP) is 3.08. The van der Waals surface area contributed by atoms with Crippen LogP contribution in [0.2, 0.25) is 0 Å². The lowest BCUT2D eigenvalue weighted by molar-refractivity contribution is 0.147. The van der Waals surface area contributed by atoms with Gasteiger partial charge >= 0.3 is 0 Å². The third-order valence-electron chi connectivity index (χ3n) is 3.98. The van der Waals surface area contributed by atoms with Gasteiger partial charge in [0.25, 0.3) is 0 Å². The summed E-state index contributed by atoms with van der Waals surface area (Å²) < 4.78 is 0. The van der Waals surface area contributed by atoms with Crippen molar-refractivity contribution in [2.45, 2.75) is 102 Å². The highest BCUT2D eigenvalue weighted by molar-refractivity contribution is 4.57. The van der Waals surface area contributed by atoms with E-state index in [9.17, 15) is 5.11 Å². The second kappa shape index (κ2) is 16.2. The van der Waals surface area contributed by atoms with E-state index < -0.39 is 6.23 Å². The third-order valence-corrected chi connectivity index (χ3v) is 3.98. The van der Waals surface area contributed by atoms with Gasteiger partial charge in [-0.15, -0.1) is 0 Å². The number of unbranched alkanes of at least 4 members (excludes halogenated alkanes) is 9. The Balaban J connectivity index is 3.14. The minimum atomic E-state index is -0.657. The molecule has 0 aromatic rings. The van der Waals surface area contributed by atoms with Crippen molar-refractivity contribution in [3.05, 3.63) is 0 Å². The number of hydrogen-bond donors (Lipinski definition) is 4. The van der Waals surface area contributed by atoms with Crippen LogP contribution in [-0.2, 0) is 0 Å². The third kappa shape index (κ3) is 17.8. The molecule has 0 fully saturated rings. The molecule has 0 radical (unpaired) electrons. The molecule has 2 atom stereocenters. The quantitative estimate of drug-likeness (QED) is 0.261. The fourth-order valence-corrected chi connectivity index (χ4v) is 2.61. The zero-order chi connectivity index (χ0) is 15.8. The maximum absolute atomic E-state index is 9.88. The molecule has 0 amide bonds. The van der Waals surface area contributed by atoms with Gasteiger partial charge in [0.2, 0.25) is 0 Å². The molecule has 0 aliphatic carbocycles. The van der Waals surface area contributed by atoms with E-state index in [2.05, 4.69) is 0 Å². The minimum Gasteiger partial charge on any atom is -0.396 e. The van der Waals surface area contributed by atoms with Crippen molar-refractivity contribution in [3.63, 3.8) is 0 Å². The molecule has 0 saturated heterocycles. The largest absolute Gasteiger partial charge is 0.396 e. The molecule has 0 aromatic carbocycles. The fourth-order valence-electron chi connectivity index (χ4n) is 2.61. The molecule has 4 nitrogen and oxygen atoms in total. The highest BCUT2D eigenvalue weighted by Crippen LogP contribution is 2.14. The molecule has 5 N–H and O–H groups in total. The van der Waals surface area contributed by atoms with Gasteiger partial charge in [-0.2, -0.15) is 0 Å². The molecule has 0 rings (SSSR count). The monoisotopic (exact) mass is 303 g/mol. The lowest BCUT2D eigenvalue weighted by Gasteiger charge is -2.10. The Morgan fingerprint density at radius 2 is 0.952 bits per heavy atom. The average Bonchev–Trinajstić information content (AvgIpc) is 2.45. The van der Waals surface area contributed by atoms with E-state index in [1.165, 1.54) is 32.1 Å². The summed E-state index contributed by atoms with van der Waals surface area (Å²) in [6, 6.07) is 0. The Bertz CT molecular complexity index is 200. The number of nitrogens with two attached hydrogens (primary N) is 1. The van der Waals surface area contributed by atoms with Crippen LogP contribution in [-0.4, -0.2) is 34.3 Å². The van der Waals surface area contributed by atoms with Gasteiger partial charge in [0.05, 0.1) is 6.10 Å². The first kappa shape index (κ1) is 20.8. The van der Waals surface area contributed by atoms with E-state index in [0.717, 1.165) is 51.4 Å². The van der Waals surface area contributed by atoms with Crippen molar-refractivity contribution < 1.29 is 15.3 Å². The van der Waals surface area contributed by atoms with Gasteiger partial charge in [-0.1, -0.05) is 57.8 Å². The van der Waals surface area contributed by atoms with Crippen molar-refractivity contribution in [2.24, 2.45) is 5.73 Å². The fraction of sp³-hybridized carbons (Fsp3) is 1.00. The molecule has 0 saturated carbocycles. The molecule has 0 aliphatic heterocycles. The maximum Gasteiger partial charge on any atom is 0.102 e. The minimum absolute atomic E-state index is 0.131. The number of hydrogen-bond acceptors (Lipinski definition) is 4. The number of rotatable bonds is 16. The Kier molecular flexibility index (Phi) is 16.1. The van der Waals surface area contributed by atoms with Gasteiger partial charge in [0, 0.05) is 6.61 Å². The van der Waals surface area contributed by atoms with E-state index in [1.807, 2.05) is 0 Å². The summed E-state index contributed by atoms with van der Waals surface area (Å²) in [5.74, 6) is 0. The van der Waals surface area contributed by atoms with Crippen LogP contribution in [0.3, 0.4) is 0 Å². The molecule has 0 bridgehead atoms. The lowest BCUT2D eigenvalue weighted by Crippen LogP contribution is -2.17. The molecule has 0 aromatic heterocycles. The number of aliphatic hydroxyl groups excluding tert-OH is 3. The Hall–Kier alpha value is -0.160. The van der Waals surface area contributed by atoms with Gasteiger partial charge in [0.1, 0.15) is 6.23 Å². The van der Waals surface area contributed by atoms with Crippen LogP contribution in [0.1, 0.15) is 89.9 Å². The SMILES string of the molecule is NC(O)CCCCCCCC(O)CCCCCCCCO. The first-order chi connectivity index (χ1) is 10.2. The molecule has 21 heavy (non-hydrogen) atoms. The van der Waals surface area contributed by atoms with E-state index in [0.29, 0.717) is 13.0 Å². The van der Waals surface area contributed by atoms with Gasteiger partial charge in [-0.3, -0.25) is 0 Å². The van der Waals surface area contributed by atoms with Crippen molar-refractivity contribution >= 4 is 0 Å². The van der Waals surface area contributed by atoms with Crippen LogP contribution in [0.4, 0.5) is 0 Å². The summed E-state index contributed by atoms with van der Waals surface area (Å²) in [6.07, 6.45) is 14.1. The topological polar surface area (TPSA) is 86.7 Å². The normalized spacial score (nSPS) is 14.3. The van der Waals surface area contributed by atoms with Gasteiger partial charge in [0.15, 0.2) is 0 Å². The molecule has 0 spiro atoms. The van der Waals surface area contributed by atoms with E-state index in [4.69, 9.17) is 15.9 Å². The standard InChI is InChI=1S/C17H37NO3/c18-17(21)14-10-6-3-5-9-13-16(20)12-8-4-1-2-7-11-15-19/h16-17,19-21H,1-15,18H2. The summed E-state index contributed by atoms with van der Waals surface area (Å²) in [4.78, 5) is 0. The number of aliphatic hydroxyl groups is 3. The molecular formula is C17H37NO3. The summed E-state index contributed by atoms with van der Waals surface area (Å²) in [7, 11) is 0. The summed E-state index contributed by atoms with van der Waals surface area (Å²) in [5, 5.41) is 27.5. The Morgan fingerprint density at radius 3 is 1.38 bits per heavy atom. The van der Waals surface area contributed by atoms with Crippen molar-refractivity contribution in [3.8, 4) is 0 Å². The van der Waals surface area contributed by atoms with Crippen LogP contribution in [0.15, 0.2) is 0 Å². The second-order valence-corrected chi connectivity index (χ2v) is 6.20. The van der Waals surface area contributed by atoms with Gasteiger partial charge in [-0.25, -0.2) is 0 Å². The second-order valence-electron chi connectivity index (χ2n) is 6.20. The van der Waals surface area contributed by atoms with Crippen molar-refractivity contribution in [1.82, 2.24) is 0 Å². The smallest absolute Gasteiger partial charge is 0.102 e. The van der Waals surface area contributed by atoms with Crippen molar-refractivity contribution in [1.29, 1.82) is 0 Å². The van der Waals surface area contributed by atoms with E-state index >= 15 is 0 Å². The zero-order valence-corrected chi connectivity index (χ0v) is 13.7. The van der Waals surface area contributed by atoms with Crippen LogP contribution >= 0.6 is 0 Å². The average molecular weight is 303 g/mol. The van der Waals surface area contributed by atoms with E-state index in [1.54, 1.807) is 0 Å². The molecular weight excluding hydrogens is 266 g/mol. The van der Waals surface area contributed by atoms with Crippen molar-refractivity contribution in [2.75, 3.05) is 6.61 Å². The highest BCUT2D eigenvalue weighted by atomic mass is 16.3. The first-order valence-corrected chi connectivity index (χ1v) is 8.89. The Labute approximate surface area is 130 Å². The van der Waals surface area contributed by atoms with E-state index in [-0.39, 0.29) is 6.10 Å². The molecule has 4 heteroatoms. The van der Waals surface area contributed by atoms with Crippen LogP contribution in [0.25, 0.3) is 0 Å². The molecule has 0 heterocycles. The van der Waals surface area contributed by atoms with Gasteiger partial charge in [-0.05, 0) is 32.1 Å². The first-order valence-electron chi connectivity index (χ1n) is 8.89. The van der Waals surface area contributed by atoms with Gasteiger partial charge < -0.3 is 21.1 Å². The summed E-state index contributed by atoms with van der Waals surface area (Å²) in [6.45, 7) is 0.311. The van der Waals surface area contributed by atoms with Crippen LogP contribution < -0.4 is 5.73 Å². The maximum atomic E-state index is 9.88. The molecule has 2 unspecified atom stereocenters. The highest BCUT2D eigenvalue weighted by Gasteiger charge is 2.03.